The Balaban J connectivity index is 0.706. The molecule has 4 heterocycles. The molecule has 0 atom stereocenters. The van der Waals surface area contributed by atoms with Gasteiger partial charge in [0.15, 0.2) is 0 Å². The first-order valence-corrected chi connectivity index (χ1v) is 34.0. The molecule has 0 amide bonds. The first kappa shape index (κ1) is 56.9. The maximum Gasteiger partial charge on any atom is 0.146 e. The molecular weight excluding hydrogens is 1220 g/mol. The molecule has 0 fully saturated rings. The molecule has 20 rings (SSSR count). The van der Waals surface area contributed by atoms with E-state index in [-0.39, 0.29) is 0 Å². The molecular formula is C94H58N4O2. The molecule has 6 nitrogen and oxygen atoms in total. The third-order valence-electron chi connectivity index (χ3n) is 20.4. The van der Waals surface area contributed by atoms with E-state index in [9.17, 15) is 0 Å². The number of nitrogens with zero attached hydrogens (tertiary/aromatic N) is 4. The Kier molecular flexibility index (Phi) is 13.2. The molecule has 0 aliphatic heterocycles. The Morgan fingerprint density at radius 1 is 0.240 bits per heavy atom. The minimum atomic E-state index is 0.771. The minimum Gasteiger partial charge on any atom is -0.455 e. The Morgan fingerprint density at radius 3 is 1.22 bits per heavy atom. The molecule has 0 radical (unpaired) electrons. The maximum atomic E-state index is 7.25. The first-order valence-electron chi connectivity index (χ1n) is 34.0. The fraction of sp³-hybridized carbons (Fsp3) is 0. The topological polar surface area (TPSA) is 58.5 Å². The highest BCUT2D eigenvalue weighted by molar-refractivity contribution is 6.24. The van der Waals surface area contributed by atoms with Crippen LogP contribution in [0.4, 0.5) is 34.1 Å². The number of anilines is 6. The zero-order chi connectivity index (χ0) is 65.8. The lowest BCUT2D eigenvalue weighted by atomic mass is 9.93. The van der Waals surface area contributed by atoms with Gasteiger partial charge >= 0.3 is 0 Å². The highest BCUT2D eigenvalue weighted by atomic mass is 16.3. The van der Waals surface area contributed by atoms with E-state index in [4.69, 9.17) is 13.8 Å². The number of hydrogen-bond donors (Lipinski definition) is 0. The van der Waals surface area contributed by atoms with Gasteiger partial charge in [-0.25, -0.2) is 0 Å². The van der Waals surface area contributed by atoms with Gasteiger partial charge < -0.3 is 18.6 Å². The van der Waals surface area contributed by atoms with E-state index in [0.29, 0.717) is 0 Å². The van der Waals surface area contributed by atoms with Crippen molar-refractivity contribution < 1.29 is 8.83 Å². The summed E-state index contributed by atoms with van der Waals surface area (Å²) in [6.07, 6.45) is 5.66. The molecule has 0 saturated carbocycles. The highest BCUT2D eigenvalue weighted by Gasteiger charge is 2.26. The minimum absolute atomic E-state index is 0.771. The molecule has 0 aliphatic rings. The summed E-state index contributed by atoms with van der Waals surface area (Å²) in [6.45, 7) is 0. The Morgan fingerprint density at radius 2 is 0.660 bits per heavy atom. The SMILES string of the molecule is c1ccc2c(-c3ccc(N(c4ccc(-c5cccc6ccccc56)cc4)c4cccc5ccc6c(oc7ccnc(-c8cccc9c(-c%10ccc(N(c%11ccc(-c%12cccc%13ccccc%12%13)cc%11)c%11cc%12ccncc%12c%12oc%13ccccc%13c%11%12)cc%10)cccc89)c76)c45)cc3)cccc2c1. The van der Waals surface area contributed by atoms with Crippen molar-refractivity contribution in [1.29, 1.82) is 0 Å². The van der Waals surface area contributed by atoms with Gasteiger partial charge in [0.2, 0.25) is 0 Å². The van der Waals surface area contributed by atoms with Gasteiger partial charge in [-0.05, 0) is 183 Å². The zero-order valence-electron chi connectivity index (χ0n) is 54.1. The van der Waals surface area contributed by atoms with Crippen LogP contribution in [0.1, 0.15) is 0 Å². The van der Waals surface area contributed by atoms with Crippen LogP contribution < -0.4 is 9.80 Å². The molecule has 0 bridgehead atoms. The van der Waals surface area contributed by atoms with Crippen LogP contribution in [0.5, 0.6) is 0 Å². The number of pyridine rings is 2. The summed E-state index contributed by atoms with van der Waals surface area (Å²) in [6, 6.07) is 121. The number of fused-ring (bicyclic) bond motifs is 14. The Hall–Kier alpha value is -13.4. The van der Waals surface area contributed by atoms with Gasteiger partial charge in [0, 0.05) is 68.4 Å². The Bertz CT molecular complexity index is 6510. The van der Waals surface area contributed by atoms with E-state index < -0.39 is 0 Å². The predicted molar refractivity (Wildman–Crippen MR) is 418 cm³/mol. The number of benzene rings is 16. The van der Waals surface area contributed by atoms with Crippen molar-refractivity contribution >= 4 is 143 Å². The molecule has 16 aromatic carbocycles. The molecule has 0 aliphatic carbocycles. The van der Waals surface area contributed by atoms with Crippen LogP contribution in [-0.2, 0) is 0 Å². The Labute approximate surface area is 575 Å². The number of rotatable bonds is 11. The van der Waals surface area contributed by atoms with Crippen LogP contribution in [0.3, 0.4) is 0 Å². The number of furan rings is 2. The van der Waals surface area contributed by atoms with Crippen molar-refractivity contribution in [3.63, 3.8) is 0 Å². The van der Waals surface area contributed by atoms with Gasteiger partial charge in [0.25, 0.3) is 0 Å². The summed E-state index contributed by atoms with van der Waals surface area (Å²) in [7, 11) is 0. The summed E-state index contributed by atoms with van der Waals surface area (Å²) in [5, 5.41) is 17.7. The average molecular weight is 1280 g/mol. The van der Waals surface area contributed by atoms with E-state index >= 15 is 0 Å². The largest absolute Gasteiger partial charge is 0.455 e. The second-order valence-electron chi connectivity index (χ2n) is 25.9. The summed E-state index contributed by atoms with van der Waals surface area (Å²) in [5.74, 6) is 0. The van der Waals surface area contributed by atoms with Crippen molar-refractivity contribution in [2.75, 3.05) is 9.80 Å². The van der Waals surface area contributed by atoms with Crippen molar-refractivity contribution in [1.82, 2.24) is 9.97 Å². The fourth-order valence-electron chi connectivity index (χ4n) is 15.7. The smallest absolute Gasteiger partial charge is 0.146 e. The molecule has 20 aromatic rings. The zero-order valence-corrected chi connectivity index (χ0v) is 54.1. The summed E-state index contributed by atoms with van der Waals surface area (Å²) >= 11 is 0. The van der Waals surface area contributed by atoms with E-state index in [1.807, 2.05) is 30.7 Å². The molecule has 100 heavy (non-hydrogen) atoms. The maximum absolute atomic E-state index is 7.25. The number of para-hydroxylation sites is 1. The second kappa shape index (κ2) is 23.2. The molecule has 0 N–H and O–H groups in total. The van der Waals surface area contributed by atoms with Gasteiger partial charge in [-0.2, -0.15) is 0 Å². The quantitative estimate of drug-likeness (QED) is 0.129. The van der Waals surface area contributed by atoms with E-state index in [1.54, 1.807) is 0 Å². The summed E-state index contributed by atoms with van der Waals surface area (Å²) < 4.78 is 14.0. The summed E-state index contributed by atoms with van der Waals surface area (Å²) in [5.41, 5.74) is 20.5. The second-order valence-corrected chi connectivity index (χ2v) is 25.9. The lowest BCUT2D eigenvalue weighted by Crippen LogP contribution is -2.10. The summed E-state index contributed by atoms with van der Waals surface area (Å²) in [4.78, 5) is 14.6. The van der Waals surface area contributed by atoms with Crippen molar-refractivity contribution in [2.45, 2.75) is 0 Å². The molecule has 0 unspecified atom stereocenters. The average Bonchev–Trinajstić information content (AvgIpc) is 1.53. The molecule has 0 saturated heterocycles. The number of aromatic nitrogens is 2. The van der Waals surface area contributed by atoms with Gasteiger partial charge in [0.05, 0.1) is 27.8 Å². The van der Waals surface area contributed by atoms with Gasteiger partial charge in [-0.3, -0.25) is 9.97 Å². The molecule has 6 heteroatoms. The lowest BCUT2D eigenvalue weighted by molar-refractivity contribution is 0.672. The van der Waals surface area contributed by atoms with Crippen LogP contribution in [0, 0.1) is 0 Å². The van der Waals surface area contributed by atoms with Crippen LogP contribution >= 0.6 is 0 Å². The van der Waals surface area contributed by atoms with E-state index in [1.165, 1.54) is 49.0 Å². The molecule has 4 aromatic heterocycles. The first-order chi connectivity index (χ1) is 49.6. The van der Waals surface area contributed by atoms with E-state index in [2.05, 4.69) is 336 Å². The van der Waals surface area contributed by atoms with Gasteiger partial charge in [-0.1, -0.05) is 249 Å². The van der Waals surface area contributed by atoms with Crippen LogP contribution in [0.25, 0.3) is 164 Å². The predicted octanol–water partition coefficient (Wildman–Crippen LogP) is 26.5. The lowest BCUT2D eigenvalue weighted by Gasteiger charge is -2.27. The third kappa shape index (κ3) is 9.26. The van der Waals surface area contributed by atoms with Crippen LogP contribution in [0.15, 0.2) is 361 Å². The normalized spacial score (nSPS) is 11.8. The van der Waals surface area contributed by atoms with Gasteiger partial charge in [0.1, 0.15) is 22.3 Å². The standard InChI is InChI=1S/C94H58N4O2/c1-4-22-72-59(15-1)18-9-26-75(72)62-35-44-68(45-36-62)97(69-46-37-63(38-47-69)76-27-10-19-60-16-2-5-23-73(60)76)85-33-12-21-66-43-52-83-91-88(100-93(83)89(66)85)54-56-96-92(91)81-32-14-30-79-78(29-13-31-80(79)81)65-41-50-71(51-42-65)98(70-48-39-64(40-49-70)77-28-11-20-61-17-3-6-24-74(61)77)86-57-67-53-55-95-58-84(67)94-90(86)82-25-7-8-34-87(82)99-94/h1-58H. The van der Waals surface area contributed by atoms with E-state index in [0.717, 1.165) is 149 Å². The molecule has 0 spiro atoms. The van der Waals surface area contributed by atoms with Crippen molar-refractivity contribution in [3.8, 4) is 55.8 Å². The van der Waals surface area contributed by atoms with Crippen LogP contribution in [0.2, 0.25) is 0 Å². The monoisotopic (exact) mass is 1270 g/mol. The number of hydrogen-bond acceptors (Lipinski definition) is 6. The van der Waals surface area contributed by atoms with Crippen molar-refractivity contribution in [3.05, 3.63) is 352 Å². The fourth-order valence-corrected chi connectivity index (χ4v) is 15.7. The highest BCUT2D eigenvalue weighted by Crippen LogP contribution is 2.50. The van der Waals surface area contributed by atoms with Crippen molar-refractivity contribution in [2.24, 2.45) is 0 Å². The third-order valence-corrected chi connectivity index (χ3v) is 20.4. The van der Waals surface area contributed by atoms with Crippen LogP contribution in [-0.4, -0.2) is 9.97 Å². The van der Waals surface area contributed by atoms with Gasteiger partial charge in [-0.15, -0.1) is 0 Å². The molecule has 466 valence electrons.